The van der Waals surface area contributed by atoms with Crippen molar-refractivity contribution in [2.24, 2.45) is 4.99 Å². The Morgan fingerprint density at radius 2 is 1.41 bits per heavy atom. The normalized spacial score (nSPS) is 12.1. The molecule has 0 unspecified atom stereocenters. The maximum Gasteiger partial charge on any atom is 0.163 e. The largest absolute Gasteiger partial charge is 0.456 e. The quantitative estimate of drug-likeness (QED) is 0.135. The Morgan fingerprint density at radius 1 is 0.739 bits per heavy atom. The summed E-state index contributed by atoms with van der Waals surface area (Å²) in [5, 5.41) is 6.95. The van der Waals surface area contributed by atoms with Crippen molar-refractivity contribution in [1.82, 2.24) is 0 Å². The molecule has 2 aliphatic rings. The third-order valence-corrected chi connectivity index (χ3v) is 9.19. The Kier molecular flexibility index (Phi) is 7.66. The third-order valence-electron chi connectivity index (χ3n) is 9.19. The smallest absolute Gasteiger partial charge is 0.163 e. The predicted molar refractivity (Wildman–Crippen MR) is 192 cm³/mol. The van der Waals surface area contributed by atoms with E-state index in [2.05, 4.69) is 105 Å². The summed E-state index contributed by atoms with van der Waals surface area (Å²) in [7, 11) is 2.16. The predicted octanol–water partition coefficient (Wildman–Crippen LogP) is 10.3. The molecule has 0 amide bonds. The van der Waals surface area contributed by atoms with Crippen LogP contribution in [0.5, 0.6) is 0 Å². The molecule has 4 heteroatoms. The molecule has 0 fully saturated rings. The minimum Gasteiger partial charge on any atom is -0.456 e. The lowest BCUT2D eigenvalue weighted by atomic mass is 9.88. The van der Waals surface area contributed by atoms with Crippen LogP contribution in [0.4, 0.5) is 5.69 Å². The monoisotopic (exact) mass is 602 g/mol. The van der Waals surface area contributed by atoms with Crippen LogP contribution in [0.1, 0.15) is 47.3 Å². The van der Waals surface area contributed by atoms with E-state index in [4.69, 9.17) is 9.41 Å². The summed E-state index contributed by atoms with van der Waals surface area (Å²) in [4.78, 5) is 20.3. The summed E-state index contributed by atoms with van der Waals surface area (Å²) >= 11 is 0. The van der Waals surface area contributed by atoms with Crippen LogP contribution in [-0.4, -0.2) is 19.4 Å². The van der Waals surface area contributed by atoms with Crippen molar-refractivity contribution in [2.45, 2.75) is 40.7 Å². The van der Waals surface area contributed by atoms with Gasteiger partial charge in [-0.3, -0.25) is 9.79 Å². The van der Waals surface area contributed by atoms with Gasteiger partial charge in [0.25, 0.3) is 0 Å². The van der Waals surface area contributed by atoms with Gasteiger partial charge in [-0.2, -0.15) is 0 Å². The summed E-state index contributed by atoms with van der Waals surface area (Å²) < 4.78 is 6.74. The molecule has 228 valence electrons. The lowest BCUT2D eigenvalue weighted by Gasteiger charge is -2.25. The molecule has 5 aromatic rings. The number of hydrogen-bond donors (Lipinski definition) is 0. The van der Waals surface area contributed by atoms with Crippen LogP contribution < -0.4 is 10.3 Å². The van der Waals surface area contributed by atoms with Gasteiger partial charge >= 0.3 is 0 Å². The van der Waals surface area contributed by atoms with Crippen molar-refractivity contribution < 1.29 is 9.21 Å². The SMILES string of the molecule is CCN=c1cc2oc3cc(N(C)Cc4c5ccccc5cc5ccccc45)c(C)cc3c(-c3ccccc3C(=O)CC)c-2cc1C. The van der Waals surface area contributed by atoms with E-state index in [0.29, 0.717) is 13.0 Å². The summed E-state index contributed by atoms with van der Waals surface area (Å²) in [6.45, 7) is 9.65. The van der Waals surface area contributed by atoms with Crippen LogP contribution >= 0.6 is 0 Å². The molecule has 1 aliphatic heterocycles. The molecule has 0 N–H and O–H groups in total. The summed E-state index contributed by atoms with van der Waals surface area (Å²) in [5.41, 5.74) is 9.09. The van der Waals surface area contributed by atoms with Crippen molar-refractivity contribution in [3.63, 3.8) is 0 Å². The highest BCUT2D eigenvalue weighted by Gasteiger charge is 2.23. The average Bonchev–Trinajstić information content (AvgIpc) is 3.07. The van der Waals surface area contributed by atoms with Crippen LogP contribution in [0.15, 0.2) is 113 Å². The van der Waals surface area contributed by atoms with Gasteiger partial charge in [0.05, 0.1) is 5.36 Å². The van der Waals surface area contributed by atoms with Crippen molar-refractivity contribution in [1.29, 1.82) is 0 Å². The number of carbonyl (C=O) groups is 1. The molecule has 0 spiro atoms. The minimum atomic E-state index is 0.127. The third kappa shape index (κ3) is 5.04. The van der Waals surface area contributed by atoms with Crippen molar-refractivity contribution in [3.05, 3.63) is 131 Å². The average molecular weight is 603 g/mol. The van der Waals surface area contributed by atoms with E-state index in [-0.39, 0.29) is 5.78 Å². The van der Waals surface area contributed by atoms with E-state index in [1.165, 1.54) is 27.1 Å². The first-order valence-corrected chi connectivity index (χ1v) is 16.1. The molecular formula is C42H38N2O2. The fraction of sp³-hybridized carbons (Fsp3) is 0.190. The van der Waals surface area contributed by atoms with Gasteiger partial charge in [-0.25, -0.2) is 0 Å². The number of ketones is 1. The Balaban J connectivity index is 1.46. The molecular weight excluding hydrogens is 564 g/mol. The number of hydrogen-bond acceptors (Lipinski definition) is 4. The van der Waals surface area contributed by atoms with Gasteiger partial charge in [-0.05, 0) is 82.8 Å². The fourth-order valence-electron chi connectivity index (χ4n) is 6.96. The van der Waals surface area contributed by atoms with Gasteiger partial charge < -0.3 is 9.32 Å². The standard InChI is InChI=1S/C42H38N2O2/c1-6-39(45)32-18-12-13-19-33(32)42-34-20-26(3)37(43-7-2)23-40(34)46-41-24-38(27(4)21-35(41)42)44(5)25-36-30-16-10-8-14-28(30)22-29-15-9-11-17-31(29)36/h8-24H,6-7,25H2,1-5H3. The minimum absolute atomic E-state index is 0.127. The second-order valence-corrected chi connectivity index (χ2v) is 12.2. The van der Waals surface area contributed by atoms with Gasteiger partial charge in [0.15, 0.2) is 5.78 Å². The van der Waals surface area contributed by atoms with E-state index in [0.717, 1.165) is 67.7 Å². The first kappa shape index (κ1) is 29.5. The maximum atomic E-state index is 13.2. The molecule has 46 heavy (non-hydrogen) atoms. The van der Waals surface area contributed by atoms with Gasteiger partial charge in [-0.1, -0.05) is 79.7 Å². The van der Waals surface area contributed by atoms with E-state index in [9.17, 15) is 4.79 Å². The molecule has 7 rings (SSSR count). The molecule has 1 aliphatic carbocycles. The molecule has 4 nitrogen and oxygen atoms in total. The molecule has 0 aromatic heterocycles. The molecule has 0 atom stereocenters. The van der Waals surface area contributed by atoms with E-state index in [1.54, 1.807) is 0 Å². The second kappa shape index (κ2) is 11.9. The zero-order valence-electron chi connectivity index (χ0n) is 27.1. The van der Waals surface area contributed by atoms with Crippen LogP contribution in [-0.2, 0) is 6.54 Å². The number of aryl methyl sites for hydroxylation is 2. The summed E-state index contributed by atoms with van der Waals surface area (Å²) in [6, 6.07) is 36.2. The number of fused-ring (bicyclic) bond motifs is 4. The van der Waals surface area contributed by atoms with E-state index < -0.39 is 0 Å². The number of anilines is 1. The molecule has 1 heterocycles. The number of nitrogens with zero attached hydrogens (tertiary/aromatic N) is 2. The second-order valence-electron chi connectivity index (χ2n) is 12.2. The van der Waals surface area contributed by atoms with E-state index >= 15 is 0 Å². The fourth-order valence-corrected chi connectivity index (χ4v) is 6.96. The van der Waals surface area contributed by atoms with E-state index in [1.807, 2.05) is 38.1 Å². The van der Waals surface area contributed by atoms with Crippen molar-refractivity contribution in [2.75, 3.05) is 18.5 Å². The van der Waals surface area contributed by atoms with Gasteiger partial charge in [0, 0.05) is 66.5 Å². The van der Waals surface area contributed by atoms with Crippen LogP contribution in [0.3, 0.4) is 0 Å². The number of carbonyl (C=O) groups excluding carboxylic acids is 1. The molecule has 0 radical (unpaired) electrons. The van der Waals surface area contributed by atoms with Crippen LogP contribution in [0, 0.1) is 13.8 Å². The zero-order chi connectivity index (χ0) is 31.9. The van der Waals surface area contributed by atoms with Gasteiger partial charge in [-0.15, -0.1) is 0 Å². The Morgan fingerprint density at radius 3 is 2.11 bits per heavy atom. The van der Waals surface area contributed by atoms with Gasteiger partial charge in [0.2, 0.25) is 0 Å². The summed E-state index contributed by atoms with van der Waals surface area (Å²) in [5.74, 6) is 0.888. The highest BCUT2D eigenvalue weighted by Crippen LogP contribution is 2.43. The Hall–Kier alpha value is -5.22. The molecule has 0 saturated heterocycles. The number of benzene rings is 6. The first-order chi connectivity index (χ1) is 22.4. The van der Waals surface area contributed by atoms with Gasteiger partial charge in [0.1, 0.15) is 11.3 Å². The summed E-state index contributed by atoms with van der Waals surface area (Å²) in [6.07, 6.45) is 0.444. The molecule has 5 aromatic carbocycles. The Labute approximate surface area is 270 Å². The van der Waals surface area contributed by atoms with Crippen LogP contribution in [0.25, 0.3) is 55.0 Å². The topological polar surface area (TPSA) is 45.8 Å². The maximum absolute atomic E-state index is 13.2. The highest BCUT2D eigenvalue weighted by molar-refractivity contribution is 6.10. The molecule has 0 saturated carbocycles. The molecule has 0 bridgehead atoms. The number of Topliss-reactive ketones (excluding diaryl/α,β-unsaturated/α-hetero) is 1. The highest BCUT2D eigenvalue weighted by atomic mass is 16.3. The Bertz CT molecular complexity index is 2270. The van der Waals surface area contributed by atoms with Crippen LogP contribution in [0.2, 0.25) is 0 Å². The van der Waals surface area contributed by atoms with Crippen molar-refractivity contribution in [3.8, 4) is 22.5 Å². The lowest BCUT2D eigenvalue weighted by molar-refractivity contribution is 0.0989. The van der Waals surface area contributed by atoms with Crippen molar-refractivity contribution >= 4 is 44.0 Å². The number of rotatable bonds is 7. The lowest BCUT2D eigenvalue weighted by Crippen LogP contribution is -2.18. The first-order valence-electron chi connectivity index (χ1n) is 16.1. The zero-order valence-corrected chi connectivity index (χ0v) is 27.1.